The molecule has 0 bridgehead atoms. The molecule has 3 rings (SSSR count). The molecule has 0 saturated carbocycles. The van der Waals surface area contributed by atoms with Crippen molar-refractivity contribution in [1.82, 2.24) is 15.0 Å². The Bertz CT molecular complexity index is 1090. The van der Waals surface area contributed by atoms with Gasteiger partial charge in [-0.3, -0.25) is 0 Å². The predicted molar refractivity (Wildman–Crippen MR) is 117 cm³/mol. The van der Waals surface area contributed by atoms with Crippen molar-refractivity contribution in [2.75, 3.05) is 25.3 Å². The highest BCUT2D eigenvalue weighted by molar-refractivity contribution is 6.32. The molecule has 0 radical (unpaired) electrons. The monoisotopic (exact) mass is 441 g/mol. The quantitative estimate of drug-likeness (QED) is 0.398. The predicted octanol–water partition coefficient (Wildman–Crippen LogP) is 3.62. The number of anilines is 3. The lowest BCUT2D eigenvalue weighted by Gasteiger charge is -2.10. The van der Waals surface area contributed by atoms with Crippen LogP contribution in [0.5, 0.6) is 11.5 Å². The van der Waals surface area contributed by atoms with Crippen LogP contribution in [-0.2, 0) is 16.1 Å². The number of benzene rings is 2. The van der Waals surface area contributed by atoms with Gasteiger partial charge in [0.25, 0.3) is 0 Å². The van der Waals surface area contributed by atoms with Gasteiger partial charge in [-0.05, 0) is 35.9 Å². The lowest BCUT2D eigenvalue weighted by Crippen LogP contribution is -2.10. The Morgan fingerprint density at radius 3 is 2.61 bits per heavy atom. The fourth-order valence-electron chi connectivity index (χ4n) is 2.59. The summed E-state index contributed by atoms with van der Waals surface area (Å²) in [4.78, 5) is 24.3. The maximum absolute atomic E-state index is 12.1. The number of nitrogens with zero attached hydrogens (tertiary/aromatic N) is 3. The molecule has 0 aliphatic carbocycles. The van der Waals surface area contributed by atoms with E-state index in [1.807, 2.05) is 30.3 Å². The van der Waals surface area contributed by atoms with Crippen LogP contribution in [-0.4, -0.2) is 35.1 Å². The van der Waals surface area contributed by atoms with Crippen molar-refractivity contribution in [2.45, 2.75) is 6.61 Å². The number of hydrogen-bond acceptors (Lipinski definition) is 9. The summed E-state index contributed by atoms with van der Waals surface area (Å²) in [6.45, 7) is -0.175. The van der Waals surface area contributed by atoms with Crippen LogP contribution in [0.1, 0.15) is 11.4 Å². The van der Waals surface area contributed by atoms with Gasteiger partial charge >= 0.3 is 5.97 Å². The SMILES string of the molecule is COc1cc(/C=C/C(=O)OCc2nc(N)nc(Nc3ccccc3)n2)cc(Cl)c1OC. The minimum Gasteiger partial charge on any atom is -0.493 e. The van der Waals surface area contributed by atoms with E-state index >= 15 is 0 Å². The lowest BCUT2D eigenvalue weighted by molar-refractivity contribution is -0.139. The van der Waals surface area contributed by atoms with Gasteiger partial charge in [0.1, 0.15) is 0 Å². The molecule has 3 N–H and O–H groups in total. The third kappa shape index (κ3) is 6.06. The summed E-state index contributed by atoms with van der Waals surface area (Å²) < 4.78 is 15.6. The van der Waals surface area contributed by atoms with Crippen LogP contribution in [0.4, 0.5) is 17.6 Å². The van der Waals surface area contributed by atoms with Gasteiger partial charge in [-0.15, -0.1) is 0 Å². The number of hydrogen-bond donors (Lipinski definition) is 2. The number of ether oxygens (including phenoxy) is 3. The van der Waals surface area contributed by atoms with E-state index in [2.05, 4.69) is 20.3 Å². The molecule has 0 aliphatic rings. The van der Waals surface area contributed by atoms with E-state index in [1.165, 1.54) is 20.3 Å². The van der Waals surface area contributed by atoms with Gasteiger partial charge in [0.2, 0.25) is 11.9 Å². The van der Waals surface area contributed by atoms with Crippen LogP contribution in [0, 0.1) is 0 Å². The molecule has 0 amide bonds. The van der Waals surface area contributed by atoms with Crippen LogP contribution >= 0.6 is 11.6 Å². The molecule has 1 heterocycles. The van der Waals surface area contributed by atoms with Gasteiger partial charge < -0.3 is 25.3 Å². The zero-order valence-corrected chi connectivity index (χ0v) is 17.6. The van der Waals surface area contributed by atoms with Crippen molar-refractivity contribution < 1.29 is 19.0 Å². The van der Waals surface area contributed by atoms with Crippen LogP contribution in [0.2, 0.25) is 5.02 Å². The van der Waals surface area contributed by atoms with Crippen LogP contribution in [0.3, 0.4) is 0 Å². The highest BCUT2D eigenvalue weighted by Crippen LogP contribution is 2.36. The summed E-state index contributed by atoms with van der Waals surface area (Å²) in [7, 11) is 2.99. The van der Waals surface area contributed by atoms with E-state index < -0.39 is 5.97 Å². The second-order valence-electron chi connectivity index (χ2n) is 6.10. The number of carbonyl (C=O) groups is 1. The number of nitrogens with two attached hydrogens (primary N) is 1. The van der Waals surface area contributed by atoms with Crippen LogP contribution in [0.25, 0.3) is 6.08 Å². The molecule has 160 valence electrons. The van der Waals surface area contributed by atoms with Crippen molar-refractivity contribution in [3.05, 3.63) is 65.0 Å². The molecule has 0 atom stereocenters. The smallest absolute Gasteiger partial charge is 0.331 e. The first-order valence-corrected chi connectivity index (χ1v) is 9.45. The summed E-state index contributed by atoms with van der Waals surface area (Å²) in [6, 6.07) is 12.7. The number of carbonyl (C=O) groups excluding carboxylic acids is 1. The molecule has 0 saturated heterocycles. The first-order chi connectivity index (χ1) is 15.0. The zero-order valence-electron chi connectivity index (χ0n) is 16.8. The second kappa shape index (κ2) is 10.3. The molecular weight excluding hydrogens is 422 g/mol. The Labute approximate surface area is 183 Å². The van der Waals surface area contributed by atoms with Gasteiger partial charge in [0.05, 0.1) is 19.2 Å². The number of esters is 1. The fraction of sp³-hybridized carbons (Fsp3) is 0.143. The maximum atomic E-state index is 12.1. The first kappa shape index (κ1) is 21.8. The van der Waals surface area contributed by atoms with E-state index in [4.69, 9.17) is 31.5 Å². The summed E-state index contributed by atoms with van der Waals surface area (Å²) in [5.74, 6) is 0.734. The highest BCUT2D eigenvalue weighted by atomic mass is 35.5. The Morgan fingerprint density at radius 2 is 1.90 bits per heavy atom. The van der Waals surface area contributed by atoms with Crippen molar-refractivity contribution in [2.24, 2.45) is 0 Å². The van der Waals surface area contributed by atoms with Gasteiger partial charge in [0.15, 0.2) is 23.9 Å². The standard InChI is InChI=1S/C21H20ClN5O4/c1-29-16-11-13(10-15(22)19(16)30-2)8-9-18(28)31-12-17-25-20(23)27-21(26-17)24-14-6-4-3-5-7-14/h3-11H,12H2,1-2H3,(H3,23,24,25,26,27)/b9-8+. The van der Waals surface area contributed by atoms with Crippen molar-refractivity contribution >= 4 is 41.2 Å². The number of nitrogen functional groups attached to an aromatic ring is 1. The summed E-state index contributed by atoms with van der Waals surface area (Å²) in [6.07, 6.45) is 2.80. The average Bonchev–Trinajstić information content (AvgIpc) is 2.76. The molecular formula is C21H20ClN5O4. The fourth-order valence-corrected chi connectivity index (χ4v) is 2.89. The minimum atomic E-state index is -0.595. The third-order valence-electron chi connectivity index (χ3n) is 3.94. The molecule has 9 nitrogen and oxygen atoms in total. The number of aromatic nitrogens is 3. The van der Waals surface area contributed by atoms with Crippen LogP contribution < -0.4 is 20.5 Å². The van der Waals surface area contributed by atoms with E-state index in [0.29, 0.717) is 22.1 Å². The van der Waals surface area contributed by atoms with E-state index in [1.54, 1.807) is 18.2 Å². The minimum absolute atomic E-state index is 0.00925. The second-order valence-corrected chi connectivity index (χ2v) is 6.51. The van der Waals surface area contributed by atoms with Crippen molar-refractivity contribution in [1.29, 1.82) is 0 Å². The Morgan fingerprint density at radius 1 is 1.13 bits per heavy atom. The van der Waals surface area contributed by atoms with E-state index in [0.717, 1.165) is 5.69 Å². The summed E-state index contributed by atoms with van der Waals surface area (Å²) in [5, 5.41) is 3.37. The molecule has 10 heteroatoms. The van der Waals surface area contributed by atoms with Crippen LogP contribution in [0.15, 0.2) is 48.5 Å². The number of para-hydroxylation sites is 1. The van der Waals surface area contributed by atoms with Gasteiger partial charge in [0, 0.05) is 11.8 Å². The normalized spacial score (nSPS) is 10.7. The lowest BCUT2D eigenvalue weighted by atomic mass is 10.2. The largest absolute Gasteiger partial charge is 0.493 e. The maximum Gasteiger partial charge on any atom is 0.331 e. The number of rotatable bonds is 8. The molecule has 2 aromatic carbocycles. The average molecular weight is 442 g/mol. The number of methoxy groups -OCH3 is 2. The number of nitrogens with one attached hydrogen (secondary N) is 1. The van der Waals surface area contributed by atoms with Crippen molar-refractivity contribution in [3.63, 3.8) is 0 Å². The molecule has 0 unspecified atom stereocenters. The number of halogens is 1. The first-order valence-electron chi connectivity index (χ1n) is 9.07. The molecule has 0 spiro atoms. The topological polar surface area (TPSA) is 121 Å². The van der Waals surface area contributed by atoms with Gasteiger partial charge in [-0.1, -0.05) is 29.8 Å². The molecule has 0 fully saturated rings. The molecule has 1 aromatic heterocycles. The Hall–Kier alpha value is -3.85. The van der Waals surface area contributed by atoms with E-state index in [-0.39, 0.29) is 24.3 Å². The summed E-state index contributed by atoms with van der Waals surface area (Å²) >= 11 is 6.16. The third-order valence-corrected chi connectivity index (χ3v) is 4.22. The van der Waals surface area contributed by atoms with Gasteiger partial charge in [-0.2, -0.15) is 15.0 Å². The van der Waals surface area contributed by atoms with Gasteiger partial charge in [-0.25, -0.2) is 4.79 Å². The highest BCUT2D eigenvalue weighted by Gasteiger charge is 2.11. The summed E-state index contributed by atoms with van der Waals surface area (Å²) in [5.41, 5.74) is 7.15. The molecule has 3 aromatic rings. The molecule has 0 aliphatic heterocycles. The van der Waals surface area contributed by atoms with Crippen molar-refractivity contribution in [3.8, 4) is 11.5 Å². The molecule has 31 heavy (non-hydrogen) atoms. The zero-order chi connectivity index (χ0) is 22.2. The Balaban J connectivity index is 1.64. The Kier molecular flexibility index (Phi) is 7.23. The van der Waals surface area contributed by atoms with E-state index in [9.17, 15) is 4.79 Å².